The predicted octanol–water partition coefficient (Wildman–Crippen LogP) is 2.29. The Balaban J connectivity index is 1.59. The number of hydrogen-bond donors (Lipinski definition) is 3. The molecular weight excluding hydrogens is 444 g/mol. The summed E-state index contributed by atoms with van der Waals surface area (Å²) in [6, 6.07) is 13.0. The summed E-state index contributed by atoms with van der Waals surface area (Å²) in [6.45, 7) is 7.02. The normalized spacial score (nSPS) is 15.0. The topological polar surface area (TPSA) is 117 Å². The molecule has 1 saturated heterocycles. The Labute approximate surface area is 194 Å². The number of rotatable bonds is 7. The Morgan fingerprint density at radius 3 is 2.27 bits per heavy atom. The van der Waals surface area contributed by atoms with Crippen molar-refractivity contribution in [2.45, 2.75) is 31.2 Å². The summed E-state index contributed by atoms with van der Waals surface area (Å²) in [5.41, 5.74) is 1.07. The van der Waals surface area contributed by atoms with Crippen LogP contribution in [-0.4, -0.2) is 62.9 Å². The van der Waals surface area contributed by atoms with Crippen molar-refractivity contribution < 1.29 is 22.7 Å². The Morgan fingerprint density at radius 1 is 1.00 bits per heavy atom. The molecule has 3 rings (SSSR count). The van der Waals surface area contributed by atoms with Crippen LogP contribution in [-0.2, 0) is 19.6 Å². The van der Waals surface area contributed by atoms with Crippen molar-refractivity contribution in [1.29, 1.82) is 0 Å². The third kappa shape index (κ3) is 6.77. The monoisotopic (exact) mass is 474 g/mol. The molecule has 0 aromatic heterocycles. The first kappa shape index (κ1) is 24.7. The molecule has 3 N–H and O–H groups in total. The molecule has 0 unspecified atom stereocenters. The minimum absolute atomic E-state index is 0.0619. The molecule has 33 heavy (non-hydrogen) atoms. The van der Waals surface area contributed by atoms with E-state index in [4.69, 9.17) is 4.74 Å². The van der Waals surface area contributed by atoms with Gasteiger partial charge in [-0.25, -0.2) is 8.42 Å². The lowest BCUT2D eigenvalue weighted by Gasteiger charge is -2.26. The van der Waals surface area contributed by atoms with Crippen LogP contribution in [0, 0.1) is 0 Å². The van der Waals surface area contributed by atoms with Gasteiger partial charge in [0.2, 0.25) is 15.9 Å². The van der Waals surface area contributed by atoms with Crippen LogP contribution < -0.4 is 16.0 Å². The van der Waals surface area contributed by atoms with Crippen LogP contribution in [0.15, 0.2) is 53.4 Å². The van der Waals surface area contributed by atoms with Crippen molar-refractivity contribution in [3.8, 4) is 0 Å². The first-order valence-electron chi connectivity index (χ1n) is 10.7. The summed E-state index contributed by atoms with van der Waals surface area (Å²) in [5, 5.41) is 8.62. The largest absolute Gasteiger partial charge is 0.379 e. The number of hydrogen-bond acceptors (Lipinski definition) is 6. The maximum Gasteiger partial charge on any atom is 0.253 e. The molecule has 1 heterocycles. The summed E-state index contributed by atoms with van der Waals surface area (Å²) in [7, 11) is -3.59. The van der Waals surface area contributed by atoms with Gasteiger partial charge in [0, 0.05) is 30.0 Å². The van der Waals surface area contributed by atoms with Gasteiger partial charge in [0.15, 0.2) is 0 Å². The number of benzene rings is 2. The van der Waals surface area contributed by atoms with Crippen molar-refractivity contribution in [2.75, 3.05) is 43.5 Å². The minimum atomic E-state index is -3.59. The predicted molar refractivity (Wildman–Crippen MR) is 127 cm³/mol. The zero-order valence-electron chi connectivity index (χ0n) is 19.1. The fourth-order valence-electron chi connectivity index (χ4n) is 3.27. The molecule has 2 aromatic rings. The standard InChI is InChI=1S/C23H30N4O5S/c1-23(2,3)26-22(29)19-6-4-5-7-20(19)24-16-21(28)25-17-8-10-18(11-9-17)33(30,31)27-12-14-32-15-13-27/h4-11,24H,12-16H2,1-3H3,(H,25,28)(H,26,29). The fourth-order valence-corrected chi connectivity index (χ4v) is 4.68. The molecule has 0 bridgehead atoms. The van der Waals surface area contributed by atoms with Crippen LogP contribution >= 0.6 is 0 Å². The van der Waals surface area contributed by atoms with Gasteiger partial charge in [0.05, 0.1) is 30.2 Å². The molecule has 178 valence electrons. The number of carbonyl (C=O) groups is 2. The lowest BCUT2D eigenvalue weighted by molar-refractivity contribution is -0.114. The van der Waals surface area contributed by atoms with E-state index in [-0.39, 0.29) is 28.8 Å². The van der Waals surface area contributed by atoms with E-state index in [2.05, 4.69) is 16.0 Å². The number of sulfonamides is 1. The number of amides is 2. The number of para-hydroxylation sites is 1. The third-order valence-electron chi connectivity index (χ3n) is 4.85. The molecule has 0 spiro atoms. The van der Waals surface area contributed by atoms with Crippen LogP contribution in [0.1, 0.15) is 31.1 Å². The Morgan fingerprint density at radius 2 is 1.64 bits per heavy atom. The second-order valence-corrected chi connectivity index (χ2v) is 10.6. The summed E-state index contributed by atoms with van der Waals surface area (Å²) in [4.78, 5) is 25.1. The van der Waals surface area contributed by atoms with Crippen molar-refractivity contribution in [1.82, 2.24) is 9.62 Å². The van der Waals surface area contributed by atoms with Gasteiger partial charge in [-0.3, -0.25) is 9.59 Å². The van der Waals surface area contributed by atoms with Crippen LogP contribution in [0.2, 0.25) is 0 Å². The Kier molecular flexibility index (Phi) is 7.72. The lowest BCUT2D eigenvalue weighted by Crippen LogP contribution is -2.40. The molecule has 1 aliphatic heterocycles. The smallest absolute Gasteiger partial charge is 0.253 e. The minimum Gasteiger partial charge on any atom is -0.379 e. The summed E-state index contributed by atoms with van der Waals surface area (Å²) in [6.07, 6.45) is 0. The first-order chi connectivity index (χ1) is 15.6. The van der Waals surface area contributed by atoms with E-state index < -0.39 is 10.0 Å². The third-order valence-corrected chi connectivity index (χ3v) is 6.76. The summed E-state index contributed by atoms with van der Waals surface area (Å²) >= 11 is 0. The molecule has 1 aliphatic rings. The summed E-state index contributed by atoms with van der Waals surface area (Å²) in [5.74, 6) is -0.562. The maximum atomic E-state index is 12.7. The number of morpholine rings is 1. The van der Waals surface area contributed by atoms with Crippen LogP contribution in [0.3, 0.4) is 0 Å². The second-order valence-electron chi connectivity index (χ2n) is 8.69. The number of ether oxygens (including phenoxy) is 1. The van der Waals surface area contributed by atoms with Crippen molar-refractivity contribution in [3.05, 3.63) is 54.1 Å². The number of nitrogens with one attached hydrogen (secondary N) is 3. The molecule has 1 fully saturated rings. The zero-order chi connectivity index (χ0) is 24.1. The van der Waals surface area contributed by atoms with Crippen molar-refractivity contribution in [2.24, 2.45) is 0 Å². The van der Waals surface area contributed by atoms with Gasteiger partial charge in [0.25, 0.3) is 5.91 Å². The highest BCUT2D eigenvalue weighted by atomic mass is 32.2. The number of carbonyl (C=O) groups excluding carboxylic acids is 2. The fraction of sp³-hybridized carbons (Fsp3) is 0.391. The average Bonchev–Trinajstić information content (AvgIpc) is 2.78. The number of anilines is 2. The van der Waals surface area contributed by atoms with Crippen LogP contribution in [0.4, 0.5) is 11.4 Å². The van der Waals surface area contributed by atoms with Gasteiger partial charge in [-0.1, -0.05) is 12.1 Å². The molecule has 0 radical (unpaired) electrons. The quantitative estimate of drug-likeness (QED) is 0.567. The summed E-state index contributed by atoms with van der Waals surface area (Å²) < 4.78 is 32.0. The second kappa shape index (κ2) is 10.3. The van der Waals surface area contributed by atoms with E-state index in [1.807, 2.05) is 20.8 Å². The molecule has 0 atom stereocenters. The van der Waals surface area contributed by atoms with Crippen LogP contribution in [0.5, 0.6) is 0 Å². The molecular formula is C23H30N4O5S. The zero-order valence-corrected chi connectivity index (χ0v) is 19.9. The van der Waals surface area contributed by atoms with Gasteiger partial charge < -0.3 is 20.7 Å². The van der Waals surface area contributed by atoms with E-state index in [1.165, 1.54) is 16.4 Å². The van der Waals surface area contributed by atoms with Crippen LogP contribution in [0.25, 0.3) is 0 Å². The molecule has 2 aromatic carbocycles. The van der Waals surface area contributed by atoms with Crippen molar-refractivity contribution >= 4 is 33.2 Å². The molecule has 9 nitrogen and oxygen atoms in total. The van der Waals surface area contributed by atoms with Gasteiger partial charge >= 0.3 is 0 Å². The number of nitrogens with zero attached hydrogens (tertiary/aromatic N) is 1. The molecule has 2 amide bonds. The highest BCUT2D eigenvalue weighted by Crippen LogP contribution is 2.20. The van der Waals surface area contributed by atoms with E-state index in [9.17, 15) is 18.0 Å². The molecule has 10 heteroatoms. The van der Waals surface area contributed by atoms with E-state index >= 15 is 0 Å². The molecule has 0 aliphatic carbocycles. The SMILES string of the molecule is CC(C)(C)NC(=O)c1ccccc1NCC(=O)Nc1ccc(S(=O)(=O)N2CCOCC2)cc1. The van der Waals surface area contributed by atoms with Crippen molar-refractivity contribution in [3.63, 3.8) is 0 Å². The van der Waals surface area contributed by atoms with Gasteiger partial charge in [-0.05, 0) is 57.2 Å². The Hall–Kier alpha value is -2.95. The van der Waals surface area contributed by atoms with Gasteiger partial charge in [-0.2, -0.15) is 4.31 Å². The first-order valence-corrected chi connectivity index (χ1v) is 12.1. The van der Waals surface area contributed by atoms with E-state index in [0.717, 1.165) is 0 Å². The van der Waals surface area contributed by atoms with E-state index in [0.29, 0.717) is 43.2 Å². The molecule has 0 saturated carbocycles. The lowest BCUT2D eigenvalue weighted by atomic mass is 10.1. The maximum absolute atomic E-state index is 12.7. The van der Waals surface area contributed by atoms with Gasteiger partial charge in [0.1, 0.15) is 0 Å². The van der Waals surface area contributed by atoms with Gasteiger partial charge in [-0.15, -0.1) is 0 Å². The van der Waals surface area contributed by atoms with E-state index in [1.54, 1.807) is 36.4 Å². The Bertz CT molecular complexity index is 1090. The highest BCUT2D eigenvalue weighted by Gasteiger charge is 2.26. The average molecular weight is 475 g/mol. The highest BCUT2D eigenvalue weighted by molar-refractivity contribution is 7.89.